The zero-order chi connectivity index (χ0) is 8.81. The average Bonchev–Trinajstić information content (AvgIpc) is 2.53. The largest absolute Gasteiger partial charge is 0.472 e. The Balaban J connectivity index is 2.27. The molecule has 0 unspecified atom stereocenters. The topological polar surface area (TPSA) is 42.2 Å². The molecule has 0 amide bonds. The van der Waals surface area contributed by atoms with Gasteiger partial charge in [0.05, 0.1) is 19.1 Å². The maximum Gasteiger partial charge on any atom is 0.151 e. The minimum absolute atomic E-state index is 0.193. The number of ketones is 1. The fourth-order valence-corrected chi connectivity index (χ4v) is 0.948. The number of hydrogen-bond donors (Lipinski definition) is 1. The van der Waals surface area contributed by atoms with Gasteiger partial charge >= 0.3 is 0 Å². The minimum Gasteiger partial charge on any atom is -0.472 e. The van der Waals surface area contributed by atoms with Gasteiger partial charge < -0.3 is 9.73 Å². The Morgan fingerprint density at radius 3 is 3.08 bits per heavy atom. The summed E-state index contributed by atoms with van der Waals surface area (Å²) < 4.78 is 4.85. The molecule has 0 fully saturated rings. The molecule has 1 heterocycles. The van der Waals surface area contributed by atoms with Crippen LogP contribution in [0.5, 0.6) is 0 Å². The number of carbonyl (C=O) groups excluding carboxylic acids is 1. The zero-order valence-electron chi connectivity index (χ0n) is 7.17. The summed E-state index contributed by atoms with van der Waals surface area (Å²) in [7, 11) is 0. The molecule has 0 aliphatic heterocycles. The predicted octanol–water partition coefficient (Wildman–Crippen LogP) is 1.00. The molecule has 3 heteroatoms. The van der Waals surface area contributed by atoms with Crippen LogP contribution in [0.25, 0.3) is 0 Å². The lowest BCUT2D eigenvalue weighted by Crippen LogP contribution is -2.23. The van der Waals surface area contributed by atoms with E-state index in [1.165, 1.54) is 0 Å². The molecule has 1 aromatic rings. The first-order valence-corrected chi connectivity index (χ1v) is 4.06. The maximum atomic E-state index is 11.2. The Labute approximate surface area is 71.8 Å². The van der Waals surface area contributed by atoms with E-state index in [-0.39, 0.29) is 5.78 Å². The molecule has 0 saturated carbocycles. The molecule has 0 saturated heterocycles. The second kappa shape index (κ2) is 4.72. The van der Waals surface area contributed by atoms with E-state index >= 15 is 0 Å². The van der Waals surface area contributed by atoms with Crippen molar-refractivity contribution in [1.82, 2.24) is 5.32 Å². The van der Waals surface area contributed by atoms with Gasteiger partial charge in [0.2, 0.25) is 0 Å². The van der Waals surface area contributed by atoms with Crippen LogP contribution in [0.2, 0.25) is 0 Å². The van der Waals surface area contributed by atoms with Crippen LogP contribution < -0.4 is 5.32 Å². The quantitative estimate of drug-likeness (QED) is 0.711. The van der Waals surface area contributed by atoms with Gasteiger partial charge in [0.1, 0.15) is 0 Å². The Morgan fingerprint density at radius 2 is 2.50 bits per heavy atom. The highest BCUT2D eigenvalue weighted by Crippen LogP contribution is 2.00. The summed E-state index contributed by atoms with van der Waals surface area (Å²) in [5, 5.41) is 2.98. The van der Waals surface area contributed by atoms with E-state index in [4.69, 9.17) is 4.42 Å². The van der Waals surface area contributed by atoms with Crippen molar-refractivity contribution < 1.29 is 9.21 Å². The number of carbonyl (C=O) groups is 1. The van der Waals surface area contributed by atoms with Crippen molar-refractivity contribution in [2.45, 2.75) is 13.3 Å². The number of Topliss-reactive ketones (excluding diaryl/α,β-unsaturated/α-hetero) is 1. The number of rotatable bonds is 5. The molecule has 0 spiro atoms. The summed E-state index contributed by atoms with van der Waals surface area (Å²) >= 11 is 0. The van der Waals surface area contributed by atoms with Crippen LogP contribution in [-0.4, -0.2) is 18.9 Å². The molecular formula is C9H13NO2. The van der Waals surface area contributed by atoms with E-state index < -0.39 is 0 Å². The first-order chi connectivity index (χ1) is 5.83. The van der Waals surface area contributed by atoms with Gasteiger partial charge in [-0.25, -0.2) is 0 Å². The van der Waals surface area contributed by atoms with Gasteiger partial charge in [-0.15, -0.1) is 0 Å². The fraction of sp³-hybridized carbons (Fsp3) is 0.444. The summed E-state index contributed by atoms with van der Waals surface area (Å²) in [6.45, 7) is 3.25. The van der Waals surface area contributed by atoms with Gasteiger partial charge in [-0.1, -0.05) is 6.92 Å². The van der Waals surface area contributed by atoms with Crippen molar-refractivity contribution in [3.63, 3.8) is 0 Å². The van der Waals surface area contributed by atoms with Gasteiger partial charge in [0.15, 0.2) is 5.78 Å². The lowest BCUT2D eigenvalue weighted by atomic mass is 10.2. The van der Waals surface area contributed by atoms with Gasteiger partial charge in [-0.2, -0.15) is 0 Å². The zero-order valence-corrected chi connectivity index (χ0v) is 7.17. The van der Waals surface area contributed by atoms with Crippen LogP contribution in [0.3, 0.4) is 0 Å². The molecule has 3 nitrogen and oxygen atoms in total. The fourth-order valence-electron chi connectivity index (χ4n) is 0.948. The molecule has 0 atom stereocenters. The van der Waals surface area contributed by atoms with Crippen molar-refractivity contribution >= 4 is 5.78 Å². The average molecular weight is 167 g/mol. The van der Waals surface area contributed by atoms with Crippen LogP contribution in [0.1, 0.15) is 12.5 Å². The van der Waals surface area contributed by atoms with E-state index in [0.29, 0.717) is 13.0 Å². The molecule has 12 heavy (non-hydrogen) atoms. The first kappa shape index (κ1) is 9.00. The summed E-state index contributed by atoms with van der Waals surface area (Å²) in [6, 6.07) is 1.81. The van der Waals surface area contributed by atoms with Crippen LogP contribution in [0, 0.1) is 0 Å². The highest BCUT2D eigenvalue weighted by atomic mass is 16.3. The van der Waals surface area contributed by atoms with Crippen LogP contribution >= 0.6 is 0 Å². The van der Waals surface area contributed by atoms with Gasteiger partial charge in [0, 0.05) is 6.42 Å². The predicted molar refractivity (Wildman–Crippen MR) is 46.0 cm³/mol. The van der Waals surface area contributed by atoms with Crippen LogP contribution in [0.15, 0.2) is 23.0 Å². The first-order valence-electron chi connectivity index (χ1n) is 4.06. The van der Waals surface area contributed by atoms with Crippen LogP contribution in [-0.2, 0) is 11.2 Å². The van der Waals surface area contributed by atoms with E-state index in [0.717, 1.165) is 12.1 Å². The number of nitrogens with one attached hydrogen (secondary N) is 1. The molecule has 0 bridgehead atoms. The normalized spacial score (nSPS) is 10.1. The Bertz CT molecular complexity index is 229. The third kappa shape index (κ3) is 2.88. The molecule has 0 aliphatic rings. The lowest BCUT2D eigenvalue weighted by Gasteiger charge is -1.98. The molecule has 1 N–H and O–H groups in total. The van der Waals surface area contributed by atoms with Crippen molar-refractivity contribution in [3.05, 3.63) is 24.2 Å². The third-order valence-corrected chi connectivity index (χ3v) is 1.55. The smallest absolute Gasteiger partial charge is 0.151 e. The van der Waals surface area contributed by atoms with Gasteiger partial charge in [-0.05, 0) is 18.2 Å². The monoisotopic (exact) mass is 167 g/mol. The van der Waals surface area contributed by atoms with Gasteiger partial charge in [-0.3, -0.25) is 4.79 Å². The van der Waals surface area contributed by atoms with Crippen molar-refractivity contribution in [1.29, 1.82) is 0 Å². The molecular weight excluding hydrogens is 154 g/mol. The molecule has 0 aliphatic carbocycles. The van der Waals surface area contributed by atoms with E-state index in [1.807, 2.05) is 13.0 Å². The molecule has 0 radical (unpaired) electrons. The Hall–Kier alpha value is -1.09. The maximum absolute atomic E-state index is 11.2. The van der Waals surface area contributed by atoms with E-state index in [9.17, 15) is 4.79 Å². The van der Waals surface area contributed by atoms with E-state index in [1.54, 1.807) is 12.5 Å². The number of hydrogen-bond acceptors (Lipinski definition) is 3. The summed E-state index contributed by atoms with van der Waals surface area (Å²) in [4.78, 5) is 11.2. The third-order valence-electron chi connectivity index (χ3n) is 1.55. The molecule has 1 rings (SSSR count). The Kier molecular flexibility index (Phi) is 3.54. The molecule has 66 valence electrons. The SMILES string of the molecule is CCNCC(=O)Cc1ccoc1. The minimum atomic E-state index is 0.193. The number of furan rings is 1. The summed E-state index contributed by atoms with van der Waals surface area (Å²) in [5.74, 6) is 0.193. The van der Waals surface area contributed by atoms with E-state index in [2.05, 4.69) is 5.32 Å². The Morgan fingerprint density at radius 1 is 1.67 bits per heavy atom. The second-order valence-electron chi connectivity index (χ2n) is 2.63. The van der Waals surface area contributed by atoms with Crippen molar-refractivity contribution in [2.24, 2.45) is 0 Å². The van der Waals surface area contributed by atoms with Crippen molar-refractivity contribution in [3.8, 4) is 0 Å². The molecule has 0 aromatic carbocycles. The summed E-state index contributed by atoms with van der Waals surface area (Å²) in [5.41, 5.74) is 0.943. The summed E-state index contributed by atoms with van der Waals surface area (Å²) in [6.07, 6.45) is 3.64. The van der Waals surface area contributed by atoms with Gasteiger partial charge in [0.25, 0.3) is 0 Å². The lowest BCUT2D eigenvalue weighted by molar-refractivity contribution is -0.117. The molecule has 1 aromatic heterocycles. The van der Waals surface area contributed by atoms with Crippen molar-refractivity contribution in [2.75, 3.05) is 13.1 Å². The second-order valence-corrected chi connectivity index (χ2v) is 2.63. The number of likely N-dealkylation sites (N-methyl/N-ethyl adjacent to an activating group) is 1. The highest BCUT2D eigenvalue weighted by Gasteiger charge is 2.02. The highest BCUT2D eigenvalue weighted by molar-refractivity contribution is 5.82. The van der Waals surface area contributed by atoms with Crippen LogP contribution in [0.4, 0.5) is 0 Å². The standard InChI is InChI=1S/C9H13NO2/c1-2-10-6-9(11)5-8-3-4-12-7-8/h3-4,7,10H,2,5-6H2,1H3.